The molecule has 0 aliphatic heterocycles. The van der Waals surface area contributed by atoms with Gasteiger partial charge in [-0.15, -0.1) is 0 Å². The summed E-state index contributed by atoms with van der Waals surface area (Å²) in [6, 6.07) is 14.4. The van der Waals surface area contributed by atoms with Crippen molar-refractivity contribution in [2.75, 3.05) is 34.2 Å². The number of carbonyl (C=O) groups is 1. The van der Waals surface area contributed by atoms with Crippen LogP contribution in [-0.2, 0) is 12.8 Å². The first-order valence-electron chi connectivity index (χ1n) is 8.99. The molecule has 2 aromatic rings. The van der Waals surface area contributed by atoms with Crippen LogP contribution in [0.25, 0.3) is 0 Å². The summed E-state index contributed by atoms with van der Waals surface area (Å²) in [5.74, 6) is 0.483. The number of guanidine groups is 1. The average Bonchev–Trinajstić information content (AvgIpc) is 2.67. The van der Waals surface area contributed by atoms with E-state index in [1.165, 1.54) is 6.07 Å². The second-order valence-electron chi connectivity index (χ2n) is 6.42. The Morgan fingerprint density at radius 3 is 2.41 bits per heavy atom. The summed E-state index contributed by atoms with van der Waals surface area (Å²) in [6.45, 7) is 1.27. The van der Waals surface area contributed by atoms with Crippen LogP contribution in [0.2, 0.25) is 0 Å². The van der Waals surface area contributed by atoms with Crippen LogP contribution in [-0.4, -0.2) is 51.0 Å². The van der Waals surface area contributed by atoms with Gasteiger partial charge in [0, 0.05) is 39.8 Å². The normalized spacial score (nSPS) is 11.2. The zero-order valence-corrected chi connectivity index (χ0v) is 16.1. The van der Waals surface area contributed by atoms with Crippen LogP contribution in [0, 0.1) is 5.82 Å². The maximum atomic E-state index is 13.6. The number of nitrogens with one attached hydrogen (secondary N) is 2. The molecule has 27 heavy (non-hydrogen) atoms. The van der Waals surface area contributed by atoms with Gasteiger partial charge in [0.25, 0.3) is 5.91 Å². The van der Waals surface area contributed by atoms with Gasteiger partial charge in [0.2, 0.25) is 0 Å². The highest BCUT2D eigenvalue weighted by atomic mass is 19.1. The smallest absolute Gasteiger partial charge is 0.253 e. The van der Waals surface area contributed by atoms with Crippen LogP contribution in [0.4, 0.5) is 4.39 Å². The molecule has 0 aliphatic carbocycles. The van der Waals surface area contributed by atoms with Crippen LogP contribution in [0.15, 0.2) is 53.5 Å². The van der Waals surface area contributed by atoms with Crippen molar-refractivity contribution >= 4 is 11.9 Å². The number of amides is 1. The molecule has 1 amide bonds. The van der Waals surface area contributed by atoms with E-state index in [2.05, 4.69) is 15.6 Å². The topological polar surface area (TPSA) is 56.7 Å². The lowest BCUT2D eigenvalue weighted by molar-refractivity contribution is 0.0827. The zero-order valence-electron chi connectivity index (χ0n) is 16.1. The second-order valence-corrected chi connectivity index (χ2v) is 6.42. The minimum Gasteiger partial charge on any atom is -0.356 e. The lowest BCUT2D eigenvalue weighted by Crippen LogP contribution is -2.39. The minimum absolute atomic E-state index is 0.00423. The second kappa shape index (κ2) is 10.3. The first-order chi connectivity index (χ1) is 13.0. The molecule has 0 unspecified atom stereocenters. The van der Waals surface area contributed by atoms with E-state index in [1.807, 2.05) is 30.3 Å². The summed E-state index contributed by atoms with van der Waals surface area (Å²) in [6.07, 6.45) is 1.35. The van der Waals surface area contributed by atoms with Gasteiger partial charge in [-0.1, -0.05) is 30.3 Å². The van der Waals surface area contributed by atoms with E-state index < -0.39 is 0 Å². The summed E-state index contributed by atoms with van der Waals surface area (Å²) in [5, 5.41) is 6.43. The van der Waals surface area contributed by atoms with Crippen molar-refractivity contribution in [1.29, 1.82) is 0 Å². The molecular formula is C21H27FN4O. The fraction of sp³-hybridized carbons (Fsp3) is 0.333. The summed E-state index contributed by atoms with van der Waals surface area (Å²) in [4.78, 5) is 17.8. The van der Waals surface area contributed by atoms with Crippen molar-refractivity contribution in [1.82, 2.24) is 15.5 Å². The van der Waals surface area contributed by atoms with Crippen LogP contribution in [0.3, 0.4) is 0 Å². The highest BCUT2D eigenvalue weighted by molar-refractivity contribution is 5.94. The van der Waals surface area contributed by atoms with Crippen LogP contribution in [0.5, 0.6) is 0 Å². The van der Waals surface area contributed by atoms with E-state index in [-0.39, 0.29) is 11.7 Å². The average molecular weight is 370 g/mol. The fourth-order valence-corrected chi connectivity index (χ4v) is 2.68. The van der Waals surface area contributed by atoms with E-state index >= 15 is 0 Å². The predicted octanol–water partition coefficient (Wildman–Crippen LogP) is 2.48. The van der Waals surface area contributed by atoms with Crippen molar-refractivity contribution in [3.05, 3.63) is 71.0 Å². The molecule has 0 aromatic heterocycles. The maximum Gasteiger partial charge on any atom is 0.253 e. The lowest BCUT2D eigenvalue weighted by Gasteiger charge is -2.13. The number of hydrogen-bond donors (Lipinski definition) is 2. The Labute approximate surface area is 160 Å². The summed E-state index contributed by atoms with van der Waals surface area (Å²) in [7, 11) is 5.19. The summed E-state index contributed by atoms with van der Waals surface area (Å²) in [5.41, 5.74) is 2.45. The Bertz CT molecular complexity index is 789. The van der Waals surface area contributed by atoms with Gasteiger partial charge in [-0.05, 0) is 42.2 Å². The lowest BCUT2D eigenvalue weighted by atomic mass is 10.1. The Hall–Kier alpha value is -2.89. The summed E-state index contributed by atoms with van der Waals surface area (Å²) >= 11 is 0. The first kappa shape index (κ1) is 20.4. The molecule has 6 heteroatoms. The largest absolute Gasteiger partial charge is 0.356 e. The van der Waals surface area contributed by atoms with Crippen molar-refractivity contribution in [3.8, 4) is 0 Å². The van der Waals surface area contributed by atoms with Gasteiger partial charge < -0.3 is 15.5 Å². The third kappa shape index (κ3) is 6.40. The molecule has 0 bridgehead atoms. The number of halogens is 1. The highest BCUT2D eigenvalue weighted by Gasteiger charge is 2.08. The molecule has 2 N–H and O–H groups in total. The fourth-order valence-electron chi connectivity index (χ4n) is 2.68. The molecule has 0 spiro atoms. The SMILES string of the molecule is CN=C(NCCc1cccc(C(=O)N(C)C)c1)NCCc1ccccc1F. The Kier molecular flexibility index (Phi) is 7.79. The molecule has 5 nitrogen and oxygen atoms in total. The molecule has 0 atom stereocenters. The van der Waals surface area contributed by atoms with Gasteiger partial charge in [-0.3, -0.25) is 9.79 Å². The van der Waals surface area contributed by atoms with Gasteiger partial charge in [0.15, 0.2) is 5.96 Å². The van der Waals surface area contributed by atoms with Gasteiger partial charge in [0.1, 0.15) is 5.82 Å². The molecule has 0 saturated heterocycles. The summed E-state index contributed by atoms with van der Waals surface area (Å²) < 4.78 is 13.6. The van der Waals surface area contributed by atoms with Crippen LogP contribution in [0.1, 0.15) is 21.5 Å². The number of benzene rings is 2. The minimum atomic E-state index is -0.186. The van der Waals surface area contributed by atoms with Gasteiger partial charge >= 0.3 is 0 Å². The Balaban J connectivity index is 1.79. The number of aliphatic imine (C=N–C) groups is 1. The zero-order chi connectivity index (χ0) is 19.6. The molecule has 0 radical (unpaired) electrons. The van der Waals surface area contributed by atoms with E-state index in [9.17, 15) is 9.18 Å². The third-order valence-electron chi connectivity index (χ3n) is 4.15. The molecule has 0 saturated carbocycles. The molecule has 144 valence electrons. The van der Waals surface area contributed by atoms with Crippen molar-refractivity contribution in [2.24, 2.45) is 4.99 Å². The monoisotopic (exact) mass is 370 g/mol. The molecule has 0 aliphatic rings. The number of carbonyl (C=O) groups excluding carboxylic acids is 1. The van der Waals surface area contributed by atoms with Crippen molar-refractivity contribution in [3.63, 3.8) is 0 Å². The van der Waals surface area contributed by atoms with E-state index in [1.54, 1.807) is 38.2 Å². The number of rotatable bonds is 7. The number of nitrogens with zero attached hydrogens (tertiary/aromatic N) is 2. The molecular weight excluding hydrogens is 343 g/mol. The van der Waals surface area contributed by atoms with E-state index in [0.717, 1.165) is 12.0 Å². The Morgan fingerprint density at radius 2 is 1.74 bits per heavy atom. The standard InChI is InChI=1S/C21H27FN4O/c1-23-21(25-14-12-17-8-4-5-10-19(17)22)24-13-11-16-7-6-9-18(15-16)20(27)26(2)3/h4-10,15H,11-14H2,1-3H3,(H2,23,24,25). The van der Waals surface area contributed by atoms with Gasteiger partial charge in [-0.25, -0.2) is 4.39 Å². The first-order valence-corrected chi connectivity index (χ1v) is 8.99. The predicted molar refractivity (Wildman–Crippen MR) is 108 cm³/mol. The molecule has 2 aromatic carbocycles. The molecule has 2 rings (SSSR count). The highest BCUT2D eigenvalue weighted by Crippen LogP contribution is 2.08. The molecule has 0 fully saturated rings. The van der Waals surface area contributed by atoms with Crippen molar-refractivity contribution < 1.29 is 9.18 Å². The van der Waals surface area contributed by atoms with Gasteiger partial charge in [0.05, 0.1) is 0 Å². The van der Waals surface area contributed by atoms with Crippen LogP contribution >= 0.6 is 0 Å². The third-order valence-corrected chi connectivity index (χ3v) is 4.15. The van der Waals surface area contributed by atoms with Crippen molar-refractivity contribution in [2.45, 2.75) is 12.8 Å². The van der Waals surface area contributed by atoms with E-state index in [0.29, 0.717) is 36.6 Å². The molecule has 0 heterocycles. The Morgan fingerprint density at radius 1 is 1.04 bits per heavy atom. The van der Waals surface area contributed by atoms with Gasteiger partial charge in [-0.2, -0.15) is 0 Å². The maximum absolute atomic E-state index is 13.6. The number of hydrogen-bond acceptors (Lipinski definition) is 2. The van der Waals surface area contributed by atoms with E-state index in [4.69, 9.17) is 0 Å². The quantitative estimate of drug-likeness (QED) is 0.582. The van der Waals surface area contributed by atoms with Crippen LogP contribution < -0.4 is 10.6 Å².